The van der Waals surface area contributed by atoms with Crippen LogP contribution in [0.4, 0.5) is 17.1 Å². The van der Waals surface area contributed by atoms with Crippen molar-refractivity contribution in [3.63, 3.8) is 0 Å². The predicted molar refractivity (Wildman–Crippen MR) is 165 cm³/mol. The number of rotatable bonds is 13. The van der Waals surface area contributed by atoms with Crippen molar-refractivity contribution in [3.8, 4) is 11.5 Å². The zero-order valence-electron chi connectivity index (χ0n) is 23.2. The number of nitrogens with zero attached hydrogens (tertiary/aromatic N) is 1. The first-order valence-corrected chi connectivity index (χ1v) is 15.2. The average Bonchev–Trinajstić information content (AvgIpc) is 2.95. The van der Waals surface area contributed by atoms with Crippen molar-refractivity contribution in [2.75, 3.05) is 29.5 Å². The Morgan fingerprint density at radius 1 is 1.02 bits per heavy atom. The van der Waals surface area contributed by atoms with Crippen molar-refractivity contribution in [3.05, 3.63) is 113 Å². The fraction of sp³-hybridized carbons (Fsp3) is 0.194. The number of hydrogen-bond donors (Lipinski definition) is 3. The number of amides is 1. The third-order valence-electron chi connectivity index (χ3n) is 6.41. The molecule has 0 aliphatic carbocycles. The van der Waals surface area contributed by atoms with Crippen LogP contribution in [-0.4, -0.2) is 39.3 Å². The Bertz CT molecular complexity index is 1630. The van der Waals surface area contributed by atoms with Crippen molar-refractivity contribution in [2.24, 2.45) is 5.73 Å². The normalized spacial score (nSPS) is 12.0. The van der Waals surface area contributed by atoms with Gasteiger partial charge in [0.1, 0.15) is 17.6 Å². The average molecular weight is 610 g/mol. The Morgan fingerprint density at radius 2 is 1.74 bits per heavy atom. The van der Waals surface area contributed by atoms with E-state index >= 15 is 0 Å². The van der Waals surface area contributed by atoms with Gasteiger partial charge in [0, 0.05) is 16.4 Å². The highest BCUT2D eigenvalue weighted by Gasteiger charge is 2.23. The van der Waals surface area contributed by atoms with Crippen molar-refractivity contribution in [1.82, 2.24) is 0 Å². The molecule has 0 bridgehead atoms. The second-order valence-corrected chi connectivity index (χ2v) is 11.8. The van der Waals surface area contributed by atoms with E-state index in [1.54, 1.807) is 43.5 Å². The second kappa shape index (κ2) is 13.6. The molecule has 4 rings (SSSR count). The number of carbonyl (C=O) groups excluding carboxylic acids is 1. The summed E-state index contributed by atoms with van der Waals surface area (Å²) in [6, 6.07) is 26.9. The molecule has 4 N–H and O–H groups in total. The number of primary amides is 1. The molecular weight excluding hydrogens is 578 g/mol. The van der Waals surface area contributed by atoms with E-state index in [1.807, 2.05) is 53.4 Å². The van der Waals surface area contributed by atoms with Crippen LogP contribution in [0.1, 0.15) is 22.8 Å². The highest BCUT2D eigenvalue weighted by Crippen LogP contribution is 2.37. The number of phenolic OH excluding ortho intramolecular Hbond substituents is 1. The van der Waals surface area contributed by atoms with E-state index in [2.05, 4.69) is 4.72 Å². The molecule has 0 saturated carbocycles. The fourth-order valence-corrected chi connectivity index (χ4v) is 5.16. The second-order valence-electron chi connectivity index (χ2n) is 9.66. The Hall–Kier alpha value is -4.25. The monoisotopic (exact) mass is 609 g/mol. The summed E-state index contributed by atoms with van der Waals surface area (Å²) in [5.74, 6) is -0.162. The van der Waals surface area contributed by atoms with Crippen LogP contribution in [0.3, 0.4) is 0 Å². The molecule has 0 spiro atoms. The van der Waals surface area contributed by atoms with Crippen molar-refractivity contribution < 1.29 is 27.8 Å². The van der Waals surface area contributed by atoms with Gasteiger partial charge in [-0.2, -0.15) is 0 Å². The molecule has 0 aliphatic rings. The molecule has 1 atom stereocenters. The molecule has 42 heavy (non-hydrogen) atoms. The number of phenols is 1. The number of sulfonamides is 1. The number of halogens is 1. The summed E-state index contributed by atoms with van der Waals surface area (Å²) >= 11 is 6.21. The minimum Gasteiger partial charge on any atom is -0.506 e. The van der Waals surface area contributed by atoms with Crippen LogP contribution in [0.2, 0.25) is 5.02 Å². The molecule has 220 valence electrons. The molecule has 0 saturated heterocycles. The van der Waals surface area contributed by atoms with Gasteiger partial charge >= 0.3 is 0 Å². The standard InChI is InChI=1S/C31H32ClN3O6S/c1-40-26-13-14-28(23(16-26)18-31(33)37)35(25-11-9-24(32)10-12-25)19-30(41-20-21-6-4-3-5-7-21)22-8-15-29(36)27(17-22)34-42(2,38)39/h3-17,30,34,36H,18-20H2,1-2H3,(H2,33,37). The van der Waals surface area contributed by atoms with Crippen LogP contribution in [0.15, 0.2) is 91.0 Å². The van der Waals surface area contributed by atoms with Gasteiger partial charge in [-0.25, -0.2) is 8.42 Å². The van der Waals surface area contributed by atoms with Crippen LogP contribution in [0.5, 0.6) is 11.5 Å². The van der Waals surface area contributed by atoms with E-state index < -0.39 is 22.0 Å². The van der Waals surface area contributed by atoms with Crippen molar-refractivity contribution in [1.29, 1.82) is 0 Å². The molecular formula is C31H32ClN3O6S. The Kier molecular flexibility index (Phi) is 9.95. The van der Waals surface area contributed by atoms with Crippen LogP contribution in [0, 0.1) is 0 Å². The Labute approximate surface area is 250 Å². The molecule has 0 fully saturated rings. The number of anilines is 3. The summed E-state index contributed by atoms with van der Waals surface area (Å²) in [6.07, 6.45) is 0.341. The number of methoxy groups -OCH3 is 1. The molecule has 4 aromatic rings. The molecule has 0 heterocycles. The lowest BCUT2D eigenvalue weighted by Gasteiger charge is -2.32. The molecule has 0 radical (unpaired) electrons. The van der Waals surface area contributed by atoms with Gasteiger partial charge in [-0.05, 0) is 71.3 Å². The van der Waals surface area contributed by atoms with Crippen molar-refractivity contribution in [2.45, 2.75) is 19.1 Å². The summed E-state index contributed by atoms with van der Waals surface area (Å²) in [5.41, 5.74) is 9.28. The van der Waals surface area contributed by atoms with E-state index in [4.69, 9.17) is 26.8 Å². The van der Waals surface area contributed by atoms with Gasteiger partial charge in [-0.15, -0.1) is 0 Å². The van der Waals surface area contributed by atoms with Gasteiger partial charge < -0.3 is 25.2 Å². The van der Waals surface area contributed by atoms with Crippen LogP contribution in [-0.2, 0) is 32.6 Å². The zero-order valence-corrected chi connectivity index (χ0v) is 24.7. The maximum atomic E-state index is 12.1. The fourth-order valence-electron chi connectivity index (χ4n) is 4.47. The Morgan fingerprint density at radius 3 is 2.38 bits per heavy atom. The summed E-state index contributed by atoms with van der Waals surface area (Å²) in [5, 5.41) is 10.9. The Balaban J connectivity index is 1.82. The van der Waals surface area contributed by atoms with E-state index in [1.165, 1.54) is 6.07 Å². The molecule has 0 aromatic heterocycles. The first kappa shape index (κ1) is 30.7. The van der Waals surface area contributed by atoms with Gasteiger partial charge in [0.05, 0.1) is 38.6 Å². The lowest BCUT2D eigenvalue weighted by atomic mass is 10.0. The summed E-state index contributed by atoms with van der Waals surface area (Å²) < 4.78 is 38.2. The van der Waals surface area contributed by atoms with Crippen LogP contribution in [0.25, 0.3) is 0 Å². The van der Waals surface area contributed by atoms with Gasteiger partial charge in [0.15, 0.2) is 0 Å². The SMILES string of the molecule is COc1ccc(N(CC(OCc2ccccc2)c2ccc(O)c(NS(C)(=O)=O)c2)c2ccc(Cl)cc2)c(CC(N)=O)c1. The van der Waals surface area contributed by atoms with Crippen LogP contribution >= 0.6 is 11.6 Å². The van der Waals surface area contributed by atoms with E-state index in [0.29, 0.717) is 27.6 Å². The first-order valence-electron chi connectivity index (χ1n) is 13.0. The van der Waals surface area contributed by atoms with E-state index in [0.717, 1.165) is 17.5 Å². The molecule has 9 nitrogen and oxygen atoms in total. The third-order valence-corrected chi connectivity index (χ3v) is 7.25. The number of ether oxygens (including phenoxy) is 2. The maximum Gasteiger partial charge on any atom is 0.229 e. The number of benzene rings is 4. The minimum atomic E-state index is -3.66. The highest BCUT2D eigenvalue weighted by atomic mass is 35.5. The molecule has 0 aliphatic heterocycles. The van der Waals surface area contributed by atoms with Gasteiger partial charge in [-0.3, -0.25) is 9.52 Å². The topological polar surface area (TPSA) is 131 Å². The zero-order chi connectivity index (χ0) is 30.3. The predicted octanol–water partition coefficient (Wildman–Crippen LogP) is 5.55. The number of nitrogens with two attached hydrogens (primary N) is 1. The number of aromatic hydroxyl groups is 1. The molecule has 11 heteroatoms. The first-order chi connectivity index (χ1) is 20.0. The van der Waals surface area contributed by atoms with Gasteiger partial charge in [-0.1, -0.05) is 48.0 Å². The van der Waals surface area contributed by atoms with E-state index in [9.17, 15) is 18.3 Å². The maximum absolute atomic E-state index is 12.1. The minimum absolute atomic E-state index is 0.0280. The third kappa shape index (κ3) is 8.39. The quantitative estimate of drug-likeness (QED) is 0.169. The van der Waals surface area contributed by atoms with Gasteiger partial charge in [0.25, 0.3) is 0 Å². The molecule has 4 aromatic carbocycles. The van der Waals surface area contributed by atoms with E-state index in [-0.39, 0.29) is 31.0 Å². The number of hydrogen-bond acceptors (Lipinski definition) is 7. The van der Waals surface area contributed by atoms with Crippen molar-refractivity contribution >= 4 is 44.6 Å². The van der Waals surface area contributed by atoms with Crippen LogP contribution < -0.4 is 20.1 Å². The lowest BCUT2D eigenvalue weighted by molar-refractivity contribution is -0.117. The summed E-state index contributed by atoms with van der Waals surface area (Å²) in [7, 11) is -2.12. The van der Waals surface area contributed by atoms with Gasteiger partial charge in [0.2, 0.25) is 15.9 Å². The molecule has 1 amide bonds. The largest absolute Gasteiger partial charge is 0.506 e. The summed E-state index contributed by atoms with van der Waals surface area (Å²) in [6.45, 7) is 0.488. The number of carbonyl (C=O) groups is 1. The number of nitrogens with one attached hydrogen (secondary N) is 1. The lowest BCUT2D eigenvalue weighted by Crippen LogP contribution is -2.27. The molecule has 1 unspecified atom stereocenters. The highest BCUT2D eigenvalue weighted by molar-refractivity contribution is 7.92. The summed E-state index contributed by atoms with van der Waals surface area (Å²) in [4.78, 5) is 14.0. The smallest absolute Gasteiger partial charge is 0.229 e.